The summed E-state index contributed by atoms with van der Waals surface area (Å²) in [6.45, 7) is 6.51. The fourth-order valence-corrected chi connectivity index (χ4v) is 4.28. The van der Waals surface area contributed by atoms with Crippen LogP contribution in [0.25, 0.3) is 5.69 Å². The van der Waals surface area contributed by atoms with E-state index in [-0.39, 0.29) is 17.7 Å². The van der Waals surface area contributed by atoms with Crippen molar-refractivity contribution >= 4 is 17.6 Å². The quantitative estimate of drug-likeness (QED) is 0.858. The summed E-state index contributed by atoms with van der Waals surface area (Å²) in [5.74, 6) is 0.803. The van der Waals surface area contributed by atoms with Gasteiger partial charge in [-0.15, -0.1) is 5.10 Å². The van der Waals surface area contributed by atoms with Gasteiger partial charge in [0.1, 0.15) is 5.82 Å². The maximum Gasteiger partial charge on any atom is 0.241 e. The number of anilines is 3. The highest BCUT2D eigenvalue weighted by molar-refractivity contribution is 5.54. The van der Waals surface area contributed by atoms with E-state index in [1.54, 1.807) is 12.1 Å². The lowest BCUT2D eigenvalue weighted by molar-refractivity contribution is 0.120. The van der Waals surface area contributed by atoms with E-state index < -0.39 is 0 Å². The molecule has 1 aromatic carbocycles. The summed E-state index contributed by atoms with van der Waals surface area (Å²) >= 11 is 0. The first kappa shape index (κ1) is 18.0. The van der Waals surface area contributed by atoms with Gasteiger partial charge in [0.25, 0.3) is 0 Å². The van der Waals surface area contributed by atoms with Gasteiger partial charge in [0.15, 0.2) is 0 Å². The van der Waals surface area contributed by atoms with E-state index in [4.69, 9.17) is 11.5 Å². The van der Waals surface area contributed by atoms with Crippen molar-refractivity contribution in [3.63, 3.8) is 0 Å². The Morgan fingerprint density at radius 1 is 1.04 bits per heavy atom. The molecule has 2 saturated heterocycles. The Morgan fingerprint density at radius 2 is 1.74 bits per heavy atom. The molecule has 3 heterocycles. The average molecular weight is 373 g/mol. The fourth-order valence-electron chi connectivity index (χ4n) is 4.28. The molecule has 0 amide bonds. The summed E-state index contributed by atoms with van der Waals surface area (Å²) in [7, 11) is 0. The van der Waals surface area contributed by atoms with Gasteiger partial charge in [-0.25, -0.2) is 4.39 Å². The number of hydrogen-bond acceptors (Lipinski definition) is 6. The van der Waals surface area contributed by atoms with Gasteiger partial charge < -0.3 is 21.3 Å². The van der Waals surface area contributed by atoms with Crippen LogP contribution in [0.5, 0.6) is 0 Å². The second kappa shape index (κ2) is 7.34. The second-order valence-electron chi connectivity index (χ2n) is 7.81. The molecule has 7 nitrogen and oxygen atoms in total. The fraction of sp³-hybridized carbons (Fsp3) is 0.579. The first-order valence-electron chi connectivity index (χ1n) is 9.78. The highest BCUT2D eigenvalue weighted by Crippen LogP contribution is 2.29. The maximum absolute atomic E-state index is 14.8. The molecule has 27 heavy (non-hydrogen) atoms. The molecule has 0 aliphatic carbocycles. The van der Waals surface area contributed by atoms with Gasteiger partial charge in [0, 0.05) is 25.2 Å². The summed E-state index contributed by atoms with van der Waals surface area (Å²) < 4.78 is 16.1. The number of nitrogens with zero attached hydrogens (tertiary/aromatic N) is 5. The second-order valence-corrected chi connectivity index (χ2v) is 7.81. The number of rotatable bonds is 3. The van der Waals surface area contributed by atoms with Gasteiger partial charge in [-0.1, -0.05) is 6.92 Å². The van der Waals surface area contributed by atoms with Crippen LogP contribution in [-0.2, 0) is 0 Å². The Bertz CT molecular complexity index is 789. The minimum Gasteiger partial charge on any atom is -0.369 e. The van der Waals surface area contributed by atoms with Gasteiger partial charge in [-0.2, -0.15) is 9.67 Å². The lowest BCUT2D eigenvalue weighted by Gasteiger charge is -2.42. The van der Waals surface area contributed by atoms with Crippen molar-refractivity contribution in [2.45, 2.75) is 38.6 Å². The van der Waals surface area contributed by atoms with Crippen LogP contribution < -0.4 is 16.4 Å². The summed E-state index contributed by atoms with van der Waals surface area (Å²) in [6.07, 6.45) is 4.77. The third kappa shape index (κ3) is 3.71. The molecule has 2 aliphatic rings. The Balaban J connectivity index is 1.42. The van der Waals surface area contributed by atoms with Gasteiger partial charge in [-0.05, 0) is 56.8 Å². The molecule has 4 rings (SSSR count). The maximum atomic E-state index is 14.8. The number of hydrogen-bond donors (Lipinski definition) is 2. The lowest BCUT2D eigenvalue weighted by Crippen LogP contribution is -2.47. The molecule has 0 saturated carbocycles. The van der Waals surface area contributed by atoms with Gasteiger partial charge in [0.05, 0.1) is 11.4 Å². The molecule has 0 unspecified atom stereocenters. The number of aromatic nitrogens is 3. The van der Waals surface area contributed by atoms with Gasteiger partial charge >= 0.3 is 0 Å². The van der Waals surface area contributed by atoms with Crippen LogP contribution >= 0.6 is 0 Å². The highest BCUT2D eigenvalue weighted by Gasteiger charge is 2.28. The first-order valence-corrected chi connectivity index (χ1v) is 9.78. The van der Waals surface area contributed by atoms with Gasteiger partial charge in [-0.3, -0.25) is 0 Å². The van der Waals surface area contributed by atoms with Crippen LogP contribution in [0.3, 0.4) is 0 Å². The normalized spacial score (nSPS) is 20.3. The summed E-state index contributed by atoms with van der Waals surface area (Å²) in [5.41, 5.74) is 12.5. The minimum atomic E-state index is -0.272. The summed E-state index contributed by atoms with van der Waals surface area (Å²) in [4.78, 5) is 8.63. The van der Waals surface area contributed by atoms with E-state index in [9.17, 15) is 4.39 Å². The van der Waals surface area contributed by atoms with Crippen molar-refractivity contribution in [1.82, 2.24) is 19.7 Å². The molecule has 0 spiro atoms. The van der Waals surface area contributed by atoms with E-state index >= 15 is 0 Å². The molecule has 2 aromatic rings. The smallest absolute Gasteiger partial charge is 0.241 e. The Kier molecular flexibility index (Phi) is 4.90. The van der Waals surface area contributed by atoms with Crippen molar-refractivity contribution in [1.29, 1.82) is 0 Å². The van der Waals surface area contributed by atoms with E-state index in [2.05, 4.69) is 26.8 Å². The van der Waals surface area contributed by atoms with E-state index in [0.717, 1.165) is 31.8 Å². The van der Waals surface area contributed by atoms with E-state index in [1.807, 2.05) is 0 Å². The monoisotopic (exact) mass is 373 g/mol. The highest BCUT2D eigenvalue weighted by atomic mass is 19.1. The molecular formula is C19H28FN7. The predicted octanol–water partition coefficient (Wildman–Crippen LogP) is 2.27. The molecule has 2 fully saturated rings. The number of nitrogens with two attached hydrogens (primary N) is 2. The Morgan fingerprint density at radius 3 is 2.33 bits per heavy atom. The zero-order chi connectivity index (χ0) is 19.0. The summed E-state index contributed by atoms with van der Waals surface area (Å²) in [6, 6.07) is 5.68. The number of nitrogen functional groups attached to an aromatic ring is 2. The minimum absolute atomic E-state index is 0.0752. The van der Waals surface area contributed by atoms with Crippen molar-refractivity contribution in [2.24, 2.45) is 5.92 Å². The number of halogens is 1. The van der Waals surface area contributed by atoms with Crippen molar-refractivity contribution < 1.29 is 4.39 Å². The third-order valence-electron chi connectivity index (χ3n) is 5.96. The topological polar surface area (TPSA) is 89.2 Å². The largest absolute Gasteiger partial charge is 0.369 e. The van der Waals surface area contributed by atoms with Crippen LogP contribution in [0, 0.1) is 11.7 Å². The first-order chi connectivity index (χ1) is 13.0. The third-order valence-corrected chi connectivity index (χ3v) is 5.96. The van der Waals surface area contributed by atoms with Crippen molar-refractivity contribution in [2.75, 3.05) is 42.5 Å². The molecule has 4 N–H and O–H groups in total. The molecular weight excluding hydrogens is 345 g/mol. The zero-order valence-electron chi connectivity index (χ0n) is 15.8. The predicted molar refractivity (Wildman–Crippen MR) is 105 cm³/mol. The molecule has 8 heteroatoms. The van der Waals surface area contributed by atoms with E-state index in [1.165, 1.54) is 36.7 Å². The van der Waals surface area contributed by atoms with Crippen molar-refractivity contribution in [3.05, 3.63) is 24.0 Å². The van der Waals surface area contributed by atoms with Crippen LogP contribution in [0.1, 0.15) is 32.6 Å². The number of benzene rings is 1. The lowest BCUT2D eigenvalue weighted by atomic mass is 9.95. The number of piperidine rings is 2. The summed E-state index contributed by atoms with van der Waals surface area (Å²) in [5, 5.41) is 4.00. The SMILES string of the molecule is CC1CCN(C2CCN(c3ccc(-n4nc(N)nc4N)cc3F)CC2)CC1. The number of likely N-dealkylation sites (tertiary alicyclic amines) is 1. The van der Waals surface area contributed by atoms with Gasteiger partial charge in [0.2, 0.25) is 11.9 Å². The van der Waals surface area contributed by atoms with Crippen LogP contribution in [0.2, 0.25) is 0 Å². The van der Waals surface area contributed by atoms with Crippen molar-refractivity contribution in [3.8, 4) is 5.69 Å². The Hall–Kier alpha value is -2.35. The molecule has 0 atom stereocenters. The Labute approximate surface area is 159 Å². The molecule has 0 bridgehead atoms. The zero-order valence-corrected chi connectivity index (χ0v) is 15.8. The molecule has 1 aromatic heterocycles. The molecule has 2 aliphatic heterocycles. The van der Waals surface area contributed by atoms with Crippen LogP contribution in [0.4, 0.5) is 22.0 Å². The van der Waals surface area contributed by atoms with E-state index in [0.29, 0.717) is 17.4 Å². The van der Waals surface area contributed by atoms with Crippen LogP contribution in [0.15, 0.2) is 18.2 Å². The molecule has 146 valence electrons. The standard InChI is InChI=1S/C19H28FN7/c1-13-4-8-25(9-5-13)14-6-10-26(11-7-14)17-3-2-15(12-16(17)20)27-19(22)23-18(21)24-27/h2-3,12-14H,4-11H2,1H3,(H4,21,22,23,24). The average Bonchev–Trinajstić information content (AvgIpc) is 3.01. The molecule has 0 radical (unpaired) electrons. The van der Waals surface area contributed by atoms with Crippen LogP contribution in [-0.4, -0.2) is 51.9 Å².